The van der Waals surface area contributed by atoms with Crippen LogP contribution in [0, 0.1) is 0 Å². The minimum absolute atomic E-state index is 0.391. The molecule has 0 saturated heterocycles. The summed E-state index contributed by atoms with van der Waals surface area (Å²) in [4.78, 5) is 8.38. The Balaban J connectivity index is 1.94. The summed E-state index contributed by atoms with van der Waals surface area (Å²) in [6.45, 7) is 0.479. The van der Waals surface area contributed by atoms with Crippen LogP contribution in [-0.4, -0.2) is 10.9 Å². The summed E-state index contributed by atoms with van der Waals surface area (Å²) < 4.78 is 0. The predicted octanol–water partition coefficient (Wildman–Crippen LogP) is 2.01. The topological polar surface area (TPSA) is 63.3 Å². The third-order valence-corrected chi connectivity index (χ3v) is 2.18. The van der Waals surface area contributed by atoms with E-state index in [0.717, 1.165) is 11.4 Å². The molecule has 17 heavy (non-hydrogen) atoms. The second-order valence-corrected chi connectivity index (χ2v) is 3.51. The molecular weight excluding hydrogens is 212 g/mol. The fourth-order valence-corrected chi connectivity index (χ4v) is 1.37. The summed E-state index contributed by atoms with van der Waals surface area (Å²) in [7, 11) is 0. The number of guanidine groups is 1. The van der Waals surface area contributed by atoms with Crippen molar-refractivity contribution < 1.29 is 0 Å². The first-order valence-corrected chi connectivity index (χ1v) is 5.36. The number of hydrogen-bond donors (Lipinski definition) is 2. The SMILES string of the molecule is NC(=NCc1ccccn1)Nc1ccccc1. The van der Waals surface area contributed by atoms with E-state index >= 15 is 0 Å². The van der Waals surface area contributed by atoms with Crippen molar-refractivity contribution in [3.8, 4) is 0 Å². The van der Waals surface area contributed by atoms with E-state index in [1.165, 1.54) is 0 Å². The molecular formula is C13H14N4. The van der Waals surface area contributed by atoms with Crippen molar-refractivity contribution in [3.63, 3.8) is 0 Å². The fraction of sp³-hybridized carbons (Fsp3) is 0.0769. The largest absolute Gasteiger partial charge is 0.370 e. The molecule has 2 aromatic rings. The molecule has 0 amide bonds. The summed E-state index contributed by atoms with van der Waals surface area (Å²) in [5, 5.41) is 3.01. The van der Waals surface area contributed by atoms with Gasteiger partial charge >= 0.3 is 0 Å². The van der Waals surface area contributed by atoms with Gasteiger partial charge in [0, 0.05) is 11.9 Å². The van der Waals surface area contributed by atoms with Gasteiger partial charge in [0.1, 0.15) is 0 Å². The van der Waals surface area contributed by atoms with Crippen molar-refractivity contribution >= 4 is 11.6 Å². The van der Waals surface area contributed by atoms with E-state index < -0.39 is 0 Å². The normalized spacial score (nSPS) is 11.2. The highest BCUT2D eigenvalue weighted by Gasteiger charge is 1.94. The highest BCUT2D eigenvalue weighted by atomic mass is 15.1. The molecule has 0 bridgehead atoms. The Hall–Kier alpha value is -2.36. The minimum Gasteiger partial charge on any atom is -0.370 e. The molecule has 3 N–H and O–H groups in total. The Morgan fingerprint density at radius 3 is 2.59 bits per heavy atom. The van der Waals surface area contributed by atoms with E-state index in [4.69, 9.17) is 5.73 Å². The van der Waals surface area contributed by atoms with E-state index in [0.29, 0.717) is 12.5 Å². The monoisotopic (exact) mass is 226 g/mol. The van der Waals surface area contributed by atoms with Crippen LogP contribution in [0.15, 0.2) is 59.7 Å². The minimum atomic E-state index is 0.391. The summed E-state index contributed by atoms with van der Waals surface area (Å²) in [5.41, 5.74) is 7.58. The van der Waals surface area contributed by atoms with Crippen LogP contribution in [-0.2, 0) is 6.54 Å². The van der Waals surface area contributed by atoms with Crippen LogP contribution >= 0.6 is 0 Å². The molecule has 86 valence electrons. The molecule has 0 fully saturated rings. The van der Waals surface area contributed by atoms with Gasteiger partial charge in [-0.2, -0.15) is 0 Å². The average molecular weight is 226 g/mol. The van der Waals surface area contributed by atoms with Gasteiger partial charge in [-0.1, -0.05) is 24.3 Å². The first-order chi connectivity index (χ1) is 8.34. The number of nitrogens with two attached hydrogens (primary N) is 1. The first kappa shape index (κ1) is 11.1. The maximum absolute atomic E-state index is 5.76. The molecule has 0 aliphatic heterocycles. The van der Waals surface area contributed by atoms with E-state index in [1.807, 2.05) is 48.5 Å². The standard InChI is InChI=1S/C13H14N4/c14-13(17-11-6-2-1-3-7-11)16-10-12-8-4-5-9-15-12/h1-9H,10H2,(H3,14,16,17). The molecule has 0 unspecified atom stereocenters. The molecule has 1 heterocycles. The van der Waals surface area contributed by atoms with E-state index in [9.17, 15) is 0 Å². The molecule has 2 rings (SSSR count). The second-order valence-electron chi connectivity index (χ2n) is 3.51. The van der Waals surface area contributed by atoms with Crippen LogP contribution in [0.5, 0.6) is 0 Å². The number of anilines is 1. The van der Waals surface area contributed by atoms with Crippen molar-refractivity contribution in [2.24, 2.45) is 10.7 Å². The van der Waals surface area contributed by atoms with Crippen LogP contribution in [0.3, 0.4) is 0 Å². The number of aliphatic imine (C=N–C) groups is 1. The zero-order chi connectivity index (χ0) is 11.9. The Kier molecular flexibility index (Phi) is 3.70. The van der Waals surface area contributed by atoms with Crippen molar-refractivity contribution in [3.05, 3.63) is 60.4 Å². The van der Waals surface area contributed by atoms with Gasteiger partial charge in [-0.3, -0.25) is 4.98 Å². The molecule has 0 aliphatic rings. The summed E-state index contributed by atoms with van der Waals surface area (Å²) in [6, 6.07) is 15.4. The molecule has 1 aromatic heterocycles. The smallest absolute Gasteiger partial charge is 0.193 e. The lowest BCUT2D eigenvalue weighted by Gasteiger charge is -2.04. The van der Waals surface area contributed by atoms with Crippen molar-refractivity contribution in [2.45, 2.75) is 6.54 Å². The molecule has 0 aliphatic carbocycles. The zero-order valence-electron chi connectivity index (χ0n) is 9.38. The molecule has 0 spiro atoms. The lowest BCUT2D eigenvalue weighted by molar-refractivity contribution is 0.985. The third-order valence-electron chi connectivity index (χ3n) is 2.18. The number of benzene rings is 1. The van der Waals surface area contributed by atoms with Gasteiger partial charge in [0.2, 0.25) is 0 Å². The van der Waals surface area contributed by atoms with Gasteiger partial charge in [-0.15, -0.1) is 0 Å². The second kappa shape index (κ2) is 5.65. The lowest BCUT2D eigenvalue weighted by atomic mass is 10.3. The molecule has 0 saturated carbocycles. The number of rotatable bonds is 3. The number of aromatic nitrogens is 1. The van der Waals surface area contributed by atoms with E-state index in [1.54, 1.807) is 6.20 Å². The van der Waals surface area contributed by atoms with Crippen LogP contribution < -0.4 is 11.1 Å². The maximum atomic E-state index is 5.76. The molecule has 0 atom stereocenters. The third kappa shape index (κ3) is 3.61. The van der Waals surface area contributed by atoms with Crippen LogP contribution in [0.4, 0.5) is 5.69 Å². The Bertz CT molecular complexity index is 479. The molecule has 1 aromatic carbocycles. The van der Waals surface area contributed by atoms with Gasteiger partial charge in [-0.25, -0.2) is 4.99 Å². The van der Waals surface area contributed by atoms with Gasteiger partial charge in [0.15, 0.2) is 5.96 Å². The first-order valence-electron chi connectivity index (χ1n) is 5.36. The zero-order valence-corrected chi connectivity index (χ0v) is 9.38. The molecule has 4 heteroatoms. The van der Waals surface area contributed by atoms with Crippen molar-refractivity contribution in [1.29, 1.82) is 0 Å². The summed E-state index contributed by atoms with van der Waals surface area (Å²) >= 11 is 0. The maximum Gasteiger partial charge on any atom is 0.193 e. The number of pyridine rings is 1. The summed E-state index contributed by atoms with van der Waals surface area (Å²) in [5.74, 6) is 0.391. The predicted molar refractivity (Wildman–Crippen MR) is 69.6 cm³/mol. The molecule has 4 nitrogen and oxygen atoms in total. The highest BCUT2D eigenvalue weighted by Crippen LogP contribution is 2.04. The van der Waals surface area contributed by atoms with Crippen LogP contribution in [0.25, 0.3) is 0 Å². The van der Waals surface area contributed by atoms with Gasteiger partial charge in [-0.05, 0) is 24.3 Å². The number of nitrogens with zero attached hydrogens (tertiary/aromatic N) is 2. The number of hydrogen-bond acceptors (Lipinski definition) is 2. The Morgan fingerprint density at radius 1 is 1.12 bits per heavy atom. The number of para-hydroxylation sites is 1. The average Bonchev–Trinajstić information content (AvgIpc) is 2.39. The number of nitrogens with one attached hydrogen (secondary N) is 1. The van der Waals surface area contributed by atoms with E-state index in [-0.39, 0.29) is 0 Å². The lowest BCUT2D eigenvalue weighted by Crippen LogP contribution is -2.22. The highest BCUT2D eigenvalue weighted by molar-refractivity contribution is 5.92. The van der Waals surface area contributed by atoms with Gasteiger partial charge in [0.05, 0.1) is 12.2 Å². The van der Waals surface area contributed by atoms with Crippen molar-refractivity contribution in [2.75, 3.05) is 5.32 Å². The van der Waals surface area contributed by atoms with Crippen LogP contribution in [0.1, 0.15) is 5.69 Å². The van der Waals surface area contributed by atoms with Gasteiger partial charge < -0.3 is 11.1 Å². The van der Waals surface area contributed by atoms with Crippen molar-refractivity contribution in [1.82, 2.24) is 4.98 Å². The Morgan fingerprint density at radius 2 is 1.88 bits per heavy atom. The Labute approximate surface area is 100 Å². The van der Waals surface area contributed by atoms with Crippen LogP contribution in [0.2, 0.25) is 0 Å². The summed E-state index contributed by atoms with van der Waals surface area (Å²) in [6.07, 6.45) is 1.74. The fourth-order valence-electron chi connectivity index (χ4n) is 1.37. The van der Waals surface area contributed by atoms with Gasteiger partial charge in [0.25, 0.3) is 0 Å². The van der Waals surface area contributed by atoms with E-state index in [2.05, 4.69) is 15.3 Å². The molecule has 0 radical (unpaired) electrons. The quantitative estimate of drug-likeness (QED) is 0.621.